The van der Waals surface area contributed by atoms with E-state index in [1.807, 2.05) is 18.2 Å². The number of anilines is 1. The number of halogens is 3. The summed E-state index contributed by atoms with van der Waals surface area (Å²) < 4.78 is 51.6. The second kappa shape index (κ2) is 9.36. The molecule has 0 fully saturated rings. The van der Waals surface area contributed by atoms with Gasteiger partial charge in [-0.1, -0.05) is 0 Å². The fourth-order valence-electron chi connectivity index (χ4n) is 2.13. The van der Waals surface area contributed by atoms with Crippen molar-refractivity contribution < 1.29 is 27.4 Å². The third-order valence-electron chi connectivity index (χ3n) is 3.26. The highest BCUT2D eigenvalue weighted by Gasteiger charge is 2.27. The van der Waals surface area contributed by atoms with Crippen LogP contribution in [0.15, 0.2) is 23.2 Å². The molecular weight excluding hydrogens is 339 g/mol. The number of nitrogens with one attached hydrogen (secondary N) is 2. The lowest BCUT2D eigenvalue weighted by Gasteiger charge is -2.14. The number of ether oxygens (including phenoxy) is 3. The summed E-state index contributed by atoms with van der Waals surface area (Å²) in [6, 6.07) is 5.48. The average Bonchev–Trinajstić information content (AvgIpc) is 2.80. The minimum Gasteiger partial charge on any atom is -0.490 e. The molecule has 9 heteroatoms. The van der Waals surface area contributed by atoms with Gasteiger partial charge in [0, 0.05) is 38.4 Å². The van der Waals surface area contributed by atoms with E-state index in [1.165, 1.54) is 0 Å². The third-order valence-corrected chi connectivity index (χ3v) is 3.26. The molecule has 2 N–H and O–H groups in total. The van der Waals surface area contributed by atoms with Crippen LogP contribution < -0.4 is 20.1 Å². The van der Waals surface area contributed by atoms with Crippen molar-refractivity contribution in [2.24, 2.45) is 4.99 Å². The Labute approximate surface area is 144 Å². The Kier molecular flexibility index (Phi) is 7.17. The molecule has 1 aromatic carbocycles. The Hall–Kier alpha value is -2.16. The number of hydrogen-bond donors (Lipinski definition) is 2. The van der Waals surface area contributed by atoms with Crippen molar-refractivity contribution in [2.75, 3.05) is 45.3 Å². The molecule has 25 heavy (non-hydrogen) atoms. The van der Waals surface area contributed by atoms with Gasteiger partial charge in [-0.25, -0.2) is 0 Å². The van der Waals surface area contributed by atoms with Gasteiger partial charge in [0.2, 0.25) is 0 Å². The Morgan fingerprint density at radius 2 is 2.00 bits per heavy atom. The molecule has 1 aliphatic rings. The monoisotopic (exact) mass is 361 g/mol. The van der Waals surface area contributed by atoms with Gasteiger partial charge in [-0.3, -0.25) is 4.99 Å². The van der Waals surface area contributed by atoms with Crippen molar-refractivity contribution >= 4 is 11.6 Å². The zero-order valence-electron chi connectivity index (χ0n) is 14.0. The van der Waals surface area contributed by atoms with Gasteiger partial charge in [0.1, 0.15) is 6.61 Å². The number of benzene rings is 1. The van der Waals surface area contributed by atoms with E-state index in [0.717, 1.165) is 12.1 Å². The van der Waals surface area contributed by atoms with Crippen LogP contribution in [0.1, 0.15) is 12.8 Å². The van der Waals surface area contributed by atoms with Crippen molar-refractivity contribution in [3.8, 4) is 11.5 Å². The van der Waals surface area contributed by atoms with Crippen LogP contribution in [-0.2, 0) is 4.74 Å². The molecule has 0 spiro atoms. The largest absolute Gasteiger partial charge is 0.490 e. The predicted molar refractivity (Wildman–Crippen MR) is 88.5 cm³/mol. The molecule has 0 atom stereocenters. The number of fused-ring (bicyclic) bond motifs is 1. The lowest BCUT2D eigenvalue weighted by atomic mass is 10.3. The molecule has 1 aliphatic heterocycles. The smallest absolute Gasteiger partial charge is 0.411 e. The first-order valence-electron chi connectivity index (χ1n) is 8.00. The average molecular weight is 361 g/mol. The second-order valence-electron chi connectivity index (χ2n) is 5.36. The summed E-state index contributed by atoms with van der Waals surface area (Å²) in [5.41, 5.74) is 0.769. The number of nitrogens with zero attached hydrogens (tertiary/aromatic N) is 1. The van der Waals surface area contributed by atoms with Crippen molar-refractivity contribution in [3.63, 3.8) is 0 Å². The summed E-state index contributed by atoms with van der Waals surface area (Å²) in [5, 5.41) is 6.11. The van der Waals surface area contributed by atoms with E-state index >= 15 is 0 Å². The molecule has 1 aromatic rings. The Bertz CT molecular complexity index is 579. The topological polar surface area (TPSA) is 64.1 Å². The highest BCUT2D eigenvalue weighted by Crippen LogP contribution is 2.32. The van der Waals surface area contributed by atoms with Gasteiger partial charge >= 0.3 is 6.18 Å². The van der Waals surface area contributed by atoms with Crippen LogP contribution in [0.2, 0.25) is 0 Å². The lowest BCUT2D eigenvalue weighted by molar-refractivity contribution is -0.173. The molecular formula is C16H22F3N3O3. The summed E-state index contributed by atoms with van der Waals surface area (Å²) in [6.45, 7) is 0.452. The summed E-state index contributed by atoms with van der Waals surface area (Å²) in [7, 11) is 1.61. The van der Waals surface area contributed by atoms with E-state index in [-0.39, 0.29) is 6.61 Å². The first kappa shape index (κ1) is 19.2. The standard InChI is InChI=1S/C16H22F3N3O3/c1-20-15(21-6-2-7-23-11-16(17,18)19)22-12-4-5-13-14(10-12)25-9-3-8-24-13/h4-5,10H,2-3,6-9,11H2,1H3,(H2,20,21,22). The van der Waals surface area contributed by atoms with Crippen LogP contribution in [-0.4, -0.2) is 52.2 Å². The highest BCUT2D eigenvalue weighted by molar-refractivity contribution is 5.93. The number of aliphatic imine (C=N–C) groups is 1. The molecule has 0 amide bonds. The van der Waals surface area contributed by atoms with Crippen molar-refractivity contribution in [3.05, 3.63) is 18.2 Å². The minimum absolute atomic E-state index is 0.0214. The molecule has 0 radical (unpaired) electrons. The maximum absolute atomic E-state index is 11.9. The van der Waals surface area contributed by atoms with Crippen LogP contribution in [0, 0.1) is 0 Å². The van der Waals surface area contributed by atoms with Crippen LogP contribution in [0.25, 0.3) is 0 Å². The van der Waals surface area contributed by atoms with Crippen molar-refractivity contribution in [1.29, 1.82) is 0 Å². The molecule has 0 aliphatic carbocycles. The SMILES string of the molecule is CN=C(NCCCOCC(F)(F)F)Nc1ccc2c(c1)OCCCO2. The van der Waals surface area contributed by atoms with Gasteiger partial charge in [-0.15, -0.1) is 0 Å². The van der Waals surface area contributed by atoms with Gasteiger partial charge in [0.05, 0.1) is 13.2 Å². The molecule has 6 nitrogen and oxygen atoms in total. The van der Waals surface area contributed by atoms with Gasteiger partial charge in [-0.2, -0.15) is 13.2 Å². The van der Waals surface area contributed by atoms with E-state index < -0.39 is 12.8 Å². The van der Waals surface area contributed by atoms with E-state index in [9.17, 15) is 13.2 Å². The van der Waals surface area contributed by atoms with Gasteiger partial charge < -0.3 is 24.8 Å². The maximum atomic E-state index is 11.9. The summed E-state index contributed by atoms with van der Waals surface area (Å²) in [5.74, 6) is 1.87. The molecule has 0 saturated heterocycles. The molecule has 0 saturated carbocycles. The number of guanidine groups is 1. The summed E-state index contributed by atoms with van der Waals surface area (Å²) in [4.78, 5) is 4.07. The molecule has 0 aromatic heterocycles. The Balaban J connectivity index is 1.75. The molecule has 0 bridgehead atoms. The highest BCUT2D eigenvalue weighted by atomic mass is 19.4. The Morgan fingerprint density at radius 1 is 1.24 bits per heavy atom. The second-order valence-corrected chi connectivity index (χ2v) is 5.36. The maximum Gasteiger partial charge on any atom is 0.411 e. The fraction of sp³-hybridized carbons (Fsp3) is 0.562. The number of alkyl halides is 3. The first-order valence-corrected chi connectivity index (χ1v) is 8.00. The molecule has 2 rings (SSSR count). The van der Waals surface area contributed by atoms with Crippen molar-refractivity contribution in [2.45, 2.75) is 19.0 Å². The molecule has 140 valence electrons. The third kappa shape index (κ3) is 7.08. The fourth-order valence-corrected chi connectivity index (χ4v) is 2.13. The van der Waals surface area contributed by atoms with Gasteiger partial charge in [-0.05, 0) is 18.6 Å². The normalized spacial score (nSPS) is 14.8. The van der Waals surface area contributed by atoms with Crippen LogP contribution >= 0.6 is 0 Å². The number of rotatable bonds is 6. The summed E-state index contributed by atoms with van der Waals surface area (Å²) >= 11 is 0. The van der Waals surface area contributed by atoms with E-state index in [1.54, 1.807) is 7.05 Å². The van der Waals surface area contributed by atoms with Gasteiger partial charge in [0.15, 0.2) is 17.5 Å². The van der Waals surface area contributed by atoms with Crippen molar-refractivity contribution in [1.82, 2.24) is 5.32 Å². The van der Waals surface area contributed by atoms with Crippen LogP contribution in [0.5, 0.6) is 11.5 Å². The predicted octanol–water partition coefficient (Wildman–Crippen LogP) is 2.80. The number of hydrogen-bond acceptors (Lipinski definition) is 4. The zero-order chi connectivity index (χ0) is 18.1. The lowest BCUT2D eigenvalue weighted by Crippen LogP contribution is -2.32. The summed E-state index contributed by atoms with van der Waals surface area (Å²) in [6.07, 6.45) is -3.03. The minimum atomic E-state index is -4.29. The van der Waals surface area contributed by atoms with E-state index in [0.29, 0.717) is 43.6 Å². The van der Waals surface area contributed by atoms with Crippen LogP contribution in [0.4, 0.5) is 18.9 Å². The Morgan fingerprint density at radius 3 is 2.72 bits per heavy atom. The van der Waals surface area contributed by atoms with Crippen LogP contribution in [0.3, 0.4) is 0 Å². The molecule has 1 heterocycles. The first-order chi connectivity index (χ1) is 12.0. The quantitative estimate of drug-likeness (QED) is 0.463. The zero-order valence-corrected chi connectivity index (χ0v) is 14.0. The van der Waals surface area contributed by atoms with Gasteiger partial charge in [0.25, 0.3) is 0 Å². The van der Waals surface area contributed by atoms with E-state index in [4.69, 9.17) is 9.47 Å². The molecule has 0 unspecified atom stereocenters. The van der Waals surface area contributed by atoms with E-state index in [2.05, 4.69) is 20.4 Å².